The molecule has 0 aromatic carbocycles. The molecule has 1 heterocycles. The molecule has 6 nitrogen and oxygen atoms in total. The quantitative estimate of drug-likeness (QED) is 0.811. The molecule has 0 atom stereocenters. The molecule has 122 valence electrons. The molecule has 2 N–H and O–H groups in total. The zero-order valence-corrected chi connectivity index (χ0v) is 13.1. The lowest BCUT2D eigenvalue weighted by atomic mass is 9.79. The molecule has 1 aliphatic carbocycles. The number of hydrogen-bond acceptors (Lipinski definition) is 3. The summed E-state index contributed by atoms with van der Waals surface area (Å²) in [5.41, 5.74) is 0. The van der Waals surface area contributed by atoms with Gasteiger partial charge in [0, 0.05) is 18.2 Å². The number of unbranched alkanes of at least 4 members (excludes halogenated alkanes) is 1. The van der Waals surface area contributed by atoms with Crippen LogP contribution in [-0.4, -0.2) is 26.8 Å². The maximum absolute atomic E-state index is 12.2. The van der Waals surface area contributed by atoms with Gasteiger partial charge in [-0.3, -0.25) is 14.3 Å². The molecule has 1 aromatic heterocycles. The van der Waals surface area contributed by atoms with Crippen LogP contribution >= 0.6 is 0 Å². The van der Waals surface area contributed by atoms with E-state index in [1.54, 1.807) is 12.3 Å². The van der Waals surface area contributed by atoms with Gasteiger partial charge < -0.3 is 10.4 Å². The van der Waals surface area contributed by atoms with Gasteiger partial charge in [-0.2, -0.15) is 5.10 Å². The van der Waals surface area contributed by atoms with E-state index in [0.29, 0.717) is 5.82 Å². The fraction of sp³-hybridized carbons (Fsp3) is 0.688. The van der Waals surface area contributed by atoms with E-state index in [1.165, 1.54) is 23.9 Å². The summed E-state index contributed by atoms with van der Waals surface area (Å²) in [7, 11) is 0. The van der Waals surface area contributed by atoms with Crippen LogP contribution in [0, 0.1) is 11.8 Å². The molecule has 1 aliphatic rings. The maximum Gasteiger partial charge on any atom is 0.325 e. The predicted octanol–water partition coefficient (Wildman–Crippen LogP) is 2.90. The summed E-state index contributed by atoms with van der Waals surface area (Å²) in [6.07, 6.45) is 9.50. The highest BCUT2D eigenvalue weighted by Gasteiger charge is 2.26. The first-order chi connectivity index (χ1) is 10.6. The van der Waals surface area contributed by atoms with E-state index in [1.807, 2.05) is 0 Å². The van der Waals surface area contributed by atoms with E-state index >= 15 is 0 Å². The highest BCUT2D eigenvalue weighted by Crippen LogP contribution is 2.32. The van der Waals surface area contributed by atoms with Gasteiger partial charge in [-0.1, -0.05) is 26.2 Å². The van der Waals surface area contributed by atoms with Crippen LogP contribution in [-0.2, 0) is 16.1 Å². The van der Waals surface area contributed by atoms with Crippen molar-refractivity contribution in [3.8, 4) is 0 Å². The lowest BCUT2D eigenvalue weighted by Gasteiger charge is -2.27. The van der Waals surface area contributed by atoms with E-state index in [4.69, 9.17) is 5.11 Å². The monoisotopic (exact) mass is 307 g/mol. The zero-order chi connectivity index (χ0) is 15.9. The summed E-state index contributed by atoms with van der Waals surface area (Å²) in [4.78, 5) is 22.8. The van der Waals surface area contributed by atoms with Crippen molar-refractivity contribution < 1.29 is 14.7 Å². The van der Waals surface area contributed by atoms with Gasteiger partial charge in [-0.05, 0) is 31.6 Å². The Kier molecular flexibility index (Phi) is 5.98. The highest BCUT2D eigenvalue weighted by molar-refractivity contribution is 5.91. The second-order valence-corrected chi connectivity index (χ2v) is 6.14. The Bertz CT molecular complexity index is 504. The molecule has 1 saturated carbocycles. The molecule has 1 amide bonds. The highest BCUT2D eigenvalue weighted by atomic mass is 16.4. The Morgan fingerprint density at radius 1 is 1.36 bits per heavy atom. The Balaban J connectivity index is 1.78. The van der Waals surface area contributed by atoms with Gasteiger partial charge >= 0.3 is 5.97 Å². The standard InChI is InChI=1S/C16H25N3O3/c1-2-3-4-12-5-7-13(8-6-12)16(22)17-14-9-10-19(18-14)11-15(20)21/h9-10,12-13H,2-8,11H2,1H3,(H,20,21)(H,17,18,22). The number of carbonyl (C=O) groups is 2. The van der Waals surface area contributed by atoms with Crippen molar-refractivity contribution in [2.45, 2.75) is 58.4 Å². The van der Waals surface area contributed by atoms with Crippen LogP contribution in [0.4, 0.5) is 5.82 Å². The van der Waals surface area contributed by atoms with Crippen molar-refractivity contribution in [2.75, 3.05) is 5.32 Å². The number of nitrogens with one attached hydrogen (secondary N) is 1. The van der Waals surface area contributed by atoms with Gasteiger partial charge in [-0.15, -0.1) is 0 Å². The second kappa shape index (κ2) is 7.96. The predicted molar refractivity (Wildman–Crippen MR) is 83.5 cm³/mol. The van der Waals surface area contributed by atoms with Crippen LogP contribution in [0.25, 0.3) is 0 Å². The van der Waals surface area contributed by atoms with Gasteiger partial charge in [0.15, 0.2) is 5.82 Å². The largest absolute Gasteiger partial charge is 0.480 e. The molecular formula is C16H25N3O3. The first-order valence-corrected chi connectivity index (χ1v) is 8.14. The number of carbonyl (C=O) groups excluding carboxylic acids is 1. The van der Waals surface area contributed by atoms with Crippen molar-refractivity contribution in [2.24, 2.45) is 11.8 Å². The van der Waals surface area contributed by atoms with Crippen LogP contribution in [0.1, 0.15) is 51.9 Å². The van der Waals surface area contributed by atoms with Crippen molar-refractivity contribution in [1.29, 1.82) is 0 Å². The summed E-state index contributed by atoms with van der Waals surface area (Å²) in [5.74, 6) is 0.321. The molecule has 0 saturated heterocycles. The van der Waals surface area contributed by atoms with Crippen molar-refractivity contribution in [3.63, 3.8) is 0 Å². The van der Waals surface area contributed by atoms with E-state index in [9.17, 15) is 9.59 Å². The molecule has 0 radical (unpaired) electrons. The third-order valence-electron chi connectivity index (χ3n) is 4.37. The van der Waals surface area contributed by atoms with Gasteiger partial charge in [-0.25, -0.2) is 0 Å². The molecule has 6 heteroatoms. The van der Waals surface area contributed by atoms with E-state index in [-0.39, 0.29) is 18.4 Å². The molecule has 1 fully saturated rings. The SMILES string of the molecule is CCCCC1CCC(C(=O)Nc2ccn(CC(=O)O)n2)CC1. The smallest absolute Gasteiger partial charge is 0.325 e. The zero-order valence-electron chi connectivity index (χ0n) is 13.1. The van der Waals surface area contributed by atoms with Gasteiger partial charge in [0.1, 0.15) is 6.54 Å². The number of aliphatic carboxylic acids is 1. The Labute approximate surface area is 130 Å². The van der Waals surface area contributed by atoms with Crippen molar-refractivity contribution >= 4 is 17.7 Å². The Morgan fingerprint density at radius 3 is 2.73 bits per heavy atom. The first-order valence-electron chi connectivity index (χ1n) is 8.14. The minimum absolute atomic E-state index is 0.00881. The van der Waals surface area contributed by atoms with E-state index < -0.39 is 5.97 Å². The Hall–Kier alpha value is -1.85. The summed E-state index contributed by atoms with van der Waals surface area (Å²) in [6, 6.07) is 1.63. The van der Waals surface area contributed by atoms with E-state index in [0.717, 1.165) is 31.6 Å². The number of rotatable bonds is 7. The van der Waals surface area contributed by atoms with Crippen LogP contribution in [0.5, 0.6) is 0 Å². The number of nitrogens with zero attached hydrogens (tertiary/aromatic N) is 2. The number of aromatic nitrogens is 2. The van der Waals surface area contributed by atoms with Crippen molar-refractivity contribution in [1.82, 2.24) is 9.78 Å². The third-order valence-corrected chi connectivity index (χ3v) is 4.37. The lowest BCUT2D eigenvalue weighted by molar-refractivity contribution is -0.137. The van der Waals surface area contributed by atoms with Gasteiger partial charge in [0.2, 0.25) is 5.91 Å². The first kappa shape index (κ1) is 16.5. The number of hydrogen-bond donors (Lipinski definition) is 2. The van der Waals surface area contributed by atoms with Gasteiger partial charge in [0.05, 0.1) is 0 Å². The number of carboxylic acid groups (broad SMARTS) is 1. The summed E-state index contributed by atoms with van der Waals surface area (Å²) in [5, 5.41) is 15.5. The number of amides is 1. The minimum atomic E-state index is -0.952. The summed E-state index contributed by atoms with van der Waals surface area (Å²) < 4.78 is 1.31. The van der Waals surface area contributed by atoms with Crippen molar-refractivity contribution in [3.05, 3.63) is 12.3 Å². The van der Waals surface area contributed by atoms with Crippen LogP contribution < -0.4 is 5.32 Å². The summed E-state index contributed by atoms with van der Waals surface area (Å²) in [6.45, 7) is 2.01. The topological polar surface area (TPSA) is 84.2 Å². The molecule has 0 bridgehead atoms. The van der Waals surface area contributed by atoms with Crippen LogP contribution in [0.2, 0.25) is 0 Å². The number of carboxylic acids is 1. The fourth-order valence-electron chi connectivity index (χ4n) is 3.09. The molecule has 22 heavy (non-hydrogen) atoms. The van der Waals surface area contributed by atoms with Crippen LogP contribution in [0.3, 0.4) is 0 Å². The third kappa shape index (κ3) is 4.86. The molecular weight excluding hydrogens is 282 g/mol. The molecule has 1 aromatic rings. The fourth-order valence-corrected chi connectivity index (χ4v) is 3.09. The van der Waals surface area contributed by atoms with Crippen LogP contribution in [0.15, 0.2) is 12.3 Å². The molecule has 2 rings (SSSR count). The normalized spacial score (nSPS) is 21.5. The number of anilines is 1. The minimum Gasteiger partial charge on any atom is -0.480 e. The maximum atomic E-state index is 12.2. The second-order valence-electron chi connectivity index (χ2n) is 6.14. The molecule has 0 unspecified atom stereocenters. The Morgan fingerprint density at radius 2 is 2.09 bits per heavy atom. The average molecular weight is 307 g/mol. The molecule has 0 aliphatic heterocycles. The summed E-state index contributed by atoms with van der Waals surface area (Å²) >= 11 is 0. The van der Waals surface area contributed by atoms with Gasteiger partial charge in [0.25, 0.3) is 0 Å². The average Bonchev–Trinajstić information content (AvgIpc) is 2.91. The van der Waals surface area contributed by atoms with E-state index in [2.05, 4.69) is 17.3 Å². The molecule has 0 spiro atoms. The lowest BCUT2D eigenvalue weighted by Crippen LogP contribution is -2.27.